The van der Waals surface area contributed by atoms with Crippen LogP contribution in [0.5, 0.6) is 0 Å². The summed E-state index contributed by atoms with van der Waals surface area (Å²) in [6.07, 6.45) is 0.687. The van der Waals surface area contributed by atoms with Gasteiger partial charge in [-0.15, -0.1) is 0 Å². The molecule has 0 aliphatic heterocycles. The number of hydrogen-bond acceptors (Lipinski definition) is 4. The number of hydrogen-bond donors (Lipinski definition) is 1. The maximum absolute atomic E-state index is 11.1. The summed E-state index contributed by atoms with van der Waals surface area (Å²) in [4.78, 5) is 11.1. The molecule has 0 fully saturated rings. The molecule has 18 heavy (non-hydrogen) atoms. The summed E-state index contributed by atoms with van der Waals surface area (Å²) in [5.74, 6) is 0.646. The Kier molecular flexibility index (Phi) is 6.83. The van der Waals surface area contributed by atoms with Crippen molar-refractivity contribution in [2.45, 2.75) is 31.1 Å². The average Bonchev–Trinajstić information content (AvgIpc) is 2.39. The predicted octanol–water partition coefficient (Wildman–Crippen LogP) is 2.79. The zero-order chi connectivity index (χ0) is 13.4. The fraction of sp³-hybridized carbons (Fsp3) is 0.500. The Morgan fingerprint density at radius 1 is 1.39 bits per heavy atom. The number of aliphatic hydroxyl groups is 1. The van der Waals surface area contributed by atoms with Gasteiger partial charge < -0.3 is 9.84 Å². The monoisotopic (exact) mass is 268 g/mol. The van der Waals surface area contributed by atoms with Crippen LogP contribution in [0.1, 0.15) is 31.4 Å². The van der Waals surface area contributed by atoms with Gasteiger partial charge in [-0.2, -0.15) is 11.8 Å². The minimum Gasteiger partial charge on any atom is -0.469 e. The second-order valence-electron chi connectivity index (χ2n) is 4.18. The zero-order valence-corrected chi connectivity index (χ0v) is 11.7. The fourth-order valence-corrected chi connectivity index (χ4v) is 2.62. The minimum atomic E-state index is -0.427. The highest BCUT2D eigenvalue weighted by molar-refractivity contribution is 7.99. The molecule has 100 valence electrons. The van der Waals surface area contributed by atoms with Gasteiger partial charge in [0.05, 0.1) is 19.6 Å². The lowest BCUT2D eigenvalue weighted by molar-refractivity contribution is -0.140. The average molecular weight is 268 g/mol. The van der Waals surface area contributed by atoms with Crippen LogP contribution in [-0.4, -0.2) is 29.2 Å². The number of methoxy groups -OCH3 is 1. The molecule has 0 saturated carbocycles. The van der Waals surface area contributed by atoms with E-state index >= 15 is 0 Å². The fourth-order valence-electron chi connectivity index (χ4n) is 1.60. The number of esters is 1. The smallest absolute Gasteiger partial charge is 0.306 e. The molecule has 2 atom stereocenters. The summed E-state index contributed by atoms with van der Waals surface area (Å²) in [6, 6.07) is 9.63. The summed E-state index contributed by atoms with van der Waals surface area (Å²) in [6.45, 7) is 2.00. The Balaban J connectivity index is 2.23. The number of thioether (sulfide) groups is 1. The van der Waals surface area contributed by atoms with Gasteiger partial charge in [-0.3, -0.25) is 4.79 Å². The quantitative estimate of drug-likeness (QED) is 0.772. The van der Waals surface area contributed by atoms with Gasteiger partial charge in [-0.1, -0.05) is 37.3 Å². The van der Waals surface area contributed by atoms with Gasteiger partial charge >= 0.3 is 5.97 Å². The second kappa shape index (κ2) is 8.16. The molecule has 0 bridgehead atoms. The van der Waals surface area contributed by atoms with Crippen molar-refractivity contribution in [2.24, 2.45) is 0 Å². The largest absolute Gasteiger partial charge is 0.469 e. The summed E-state index contributed by atoms with van der Waals surface area (Å²) in [5, 5.41) is 10.2. The molecule has 0 heterocycles. The zero-order valence-electron chi connectivity index (χ0n) is 10.8. The standard InChI is InChI=1S/C14H20O3S/c1-11(10-14(16)17-2)18-9-8-13(15)12-6-4-3-5-7-12/h3-7,11,13,15H,8-10H2,1-2H3/t11?,13-/m1/s1. The second-order valence-corrected chi connectivity index (χ2v) is 5.72. The molecule has 3 nitrogen and oxygen atoms in total. The van der Waals surface area contributed by atoms with Crippen molar-refractivity contribution >= 4 is 17.7 Å². The van der Waals surface area contributed by atoms with Crippen LogP contribution < -0.4 is 0 Å². The minimum absolute atomic E-state index is 0.182. The van der Waals surface area contributed by atoms with Gasteiger partial charge in [-0.05, 0) is 17.7 Å². The number of carbonyl (C=O) groups is 1. The van der Waals surface area contributed by atoms with Crippen molar-refractivity contribution < 1.29 is 14.6 Å². The van der Waals surface area contributed by atoms with E-state index in [4.69, 9.17) is 0 Å². The van der Waals surface area contributed by atoms with E-state index < -0.39 is 6.10 Å². The molecule has 0 spiro atoms. The molecule has 0 amide bonds. The Labute approximate surface area is 113 Å². The number of benzene rings is 1. The van der Waals surface area contributed by atoms with Crippen molar-refractivity contribution in [1.82, 2.24) is 0 Å². The van der Waals surface area contributed by atoms with E-state index in [0.29, 0.717) is 12.8 Å². The van der Waals surface area contributed by atoms with Gasteiger partial charge in [0.25, 0.3) is 0 Å². The molecule has 1 N–H and O–H groups in total. The van der Waals surface area contributed by atoms with Crippen LogP contribution >= 0.6 is 11.8 Å². The third-order valence-corrected chi connectivity index (χ3v) is 3.87. The van der Waals surface area contributed by atoms with Gasteiger partial charge in [0.2, 0.25) is 0 Å². The lowest BCUT2D eigenvalue weighted by Gasteiger charge is -2.13. The van der Waals surface area contributed by atoms with Crippen molar-refractivity contribution in [1.29, 1.82) is 0 Å². The van der Waals surface area contributed by atoms with Crippen LogP contribution in [0.25, 0.3) is 0 Å². The lowest BCUT2D eigenvalue weighted by atomic mass is 10.1. The van der Waals surface area contributed by atoms with Crippen LogP contribution in [0.3, 0.4) is 0 Å². The third-order valence-electron chi connectivity index (χ3n) is 2.66. The first-order chi connectivity index (χ1) is 8.63. The molecule has 1 aromatic carbocycles. The van der Waals surface area contributed by atoms with Crippen LogP contribution in [0, 0.1) is 0 Å². The van der Waals surface area contributed by atoms with E-state index in [0.717, 1.165) is 11.3 Å². The van der Waals surface area contributed by atoms with Crippen molar-refractivity contribution in [3.05, 3.63) is 35.9 Å². The van der Waals surface area contributed by atoms with Crippen LogP contribution in [0.15, 0.2) is 30.3 Å². The van der Waals surface area contributed by atoms with Gasteiger partial charge in [0, 0.05) is 5.25 Å². The van der Waals surface area contributed by atoms with Crippen LogP contribution in [0.2, 0.25) is 0 Å². The summed E-state index contributed by atoms with van der Waals surface area (Å²) < 4.78 is 4.62. The summed E-state index contributed by atoms with van der Waals surface area (Å²) >= 11 is 1.68. The Morgan fingerprint density at radius 2 is 2.06 bits per heavy atom. The SMILES string of the molecule is COC(=O)CC(C)SCC[C@@H](O)c1ccccc1. The number of carbonyl (C=O) groups excluding carboxylic acids is 1. The molecule has 0 radical (unpaired) electrons. The van der Waals surface area contributed by atoms with E-state index in [-0.39, 0.29) is 11.2 Å². The first kappa shape index (κ1) is 15.1. The number of aliphatic hydroxyl groups excluding tert-OH is 1. The highest BCUT2D eigenvalue weighted by atomic mass is 32.2. The molecule has 1 unspecified atom stereocenters. The molecule has 0 aliphatic carbocycles. The number of rotatable bonds is 7. The van der Waals surface area contributed by atoms with E-state index in [1.807, 2.05) is 37.3 Å². The highest BCUT2D eigenvalue weighted by Crippen LogP contribution is 2.22. The lowest BCUT2D eigenvalue weighted by Crippen LogP contribution is -2.09. The van der Waals surface area contributed by atoms with Gasteiger partial charge in [0.1, 0.15) is 0 Å². The van der Waals surface area contributed by atoms with Crippen molar-refractivity contribution in [3.63, 3.8) is 0 Å². The first-order valence-electron chi connectivity index (χ1n) is 6.05. The van der Waals surface area contributed by atoms with E-state index in [1.54, 1.807) is 11.8 Å². The Bertz CT molecular complexity index is 353. The van der Waals surface area contributed by atoms with E-state index in [2.05, 4.69) is 4.74 Å². The molecule has 0 aliphatic rings. The molecular formula is C14H20O3S. The molecule has 1 aromatic rings. The number of ether oxygens (including phenoxy) is 1. The summed E-state index contributed by atoms with van der Waals surface area (Å²) in [5.41, 5.74) is 0.943. The normalized spacial score (nSPS) is 13.9. The molecule has 0 aromatic heterocycles. The van der Waals surface area contributed by atoms with Crippen LogP contribution in [0.4, 0.5) is 0 Å². The van der Waals surface area contributed by atoms with Gasteiger partial charge in [0.15, 0.2) is 0 Å². The molecular weight excluding hydrogens is 248 g/mol. The topological polar surface area (TPSA) is 46.5 Å². The van der Waals surface area contributed by atoms with Crippen molar-refractivity contribution in [3.8, 4) is 0 Å². The highest BCUT2D eigenvalue weighted by Gasteiger charge is 2.11. The third kappa shape index (κ3) is 5.56. The van der Waals surface area contributed by atoms with Gasteiger partial charge in [-0.25, -0.2) is 0 Å². The maximum Gasteiger partial charge on any atom is 0.306 e. The summed E-state index contributed by atoms with van der Waals surface area (Å²) in [7, 11) is 1.40. The Morgan fingerprint density at radius 3 is 2.67 bits per heavy atom. The Hall–Kier alpha value is -1.00. The predicted molar refractivity (Wildman–Crippen MR) is 74.6 cm³/mol. The molecule has 1 rings (SSSR count). The molecule has 0 saturated heterocycles. The van der Waals surface area contributed by atoms with Crippen molar-refractivity contribution in [2.75, 3.05) is 12.9 Å². The van der Waals surface area contributed by atoms with E-state index in [9.17, 15) is 9.90 Å². The van der Waals surface area contributed by atoms with E-state index in [1.165, 1.54) is 7.11 Å². The molecule has 4 heteroatoms. The first-order valence-corrected chi connectivity index (χ1v) is 7.09. The van der Waals surface area contributed by atoms with Crippen LogP contribution in [-0.2, 0) is 9.53 Å². The maximum atomic E-state index is 11.1.